The molecule has 8 heteroatoms. The second-order valence-electron chi connectivity index (χ2n) is 8.97. The SMILES string of the molecule is CCCC(=O)Nc1n[nH]c2cc(-c3ccc(O)cc3)c(-c3ccc(O)cc3)cc12.C[Si](C)(C)I. The third-order valence-corrected chi connectivity index (χ3v) is 4.79. The van der Waals surface area contributed by atoms with Gasteiger partial charge in [-0.05, 0) is 65.1 Å². The summed E-state index contributed by atoms with van der Waals surface area (Å²) in [4.78, 5) is 12.1. The van der Waals surface area contributed by atoms with Crippen LogP contribution in [0, 0.1) is 0 Å². The van der Waals surface area contributed by atoms with E-state index in [1.807, 2.05) is 43.3 Å². The number of hydrogen-bond acceptors (Lipinski definition) is 4. The lowest BCUT2D eigenvalue weighted by atomic mass is 9.93. The molecule has 0 radical (unpaired) electrons. The first-order valence-corrected chi connectivity index (χ1v) is 17.8. The summed E-state index contributed by atoms with van der Waals surface area (Å²) < 4.78 is 0. The zero-order chi connectivity index (χ0) is 24.9. The average molecular weight is 588 g/mol. The highest BCUT2D eigenvalue weighted by Crippen LogP contribution is 2.38. The molecule has 1 aromatic heterocycles. The number of hydrogen-bond donors (Lipinski definition) is 4. The van der Waals surface area contributed by atoms with Crippen molar-refractivity contribution in [2.75, 3.05) is 5.32 Å². The molecule has 4 N–H and O–H groups in total. The monoisotopic (exact) mass is 587 g/mol. The minimum absolute atomic E-state index is 0.0744. The van der Waals surface area contributed by atoms with Crippen LogP contribution in [0.4, 0.5) is 5.82 Å². The van der Waals surface area contributed by atoms with E-state index in [-0.39, 0.29) is 17.4 Å². The Morgan fingerprint density at radius 1 is 0.941 bits per heavy atom. The van der Waals surface area contributed by atoms with Gasteiger partial charge in [-0.3, -0.25) is 9.89 Å². The summed E-state index contributed by atoms with van der Waals surface area (Å²) in [5, 5.41) is 30.2. The van der Waals surface area contributed by atoms with E-state index in [9.17, 15) is 15.0 Å². The van der Waals surface area contributed by atoms with Crippen molar-refractivity contribution in [2.24, 2.45) is 0 Å². The molecule has 0 saturated carbocycles. The normalized spacial score (nSPS) is 11.1. The minimum atomic E-state index is -0.641. The average Bonchev–Trinajstić information content (AvgIpc) is 3.14. The lowest BCUT2D eigenvalue weighted by molar-refractivity contribution is -0.116. The molecule has 0 atom stereocenters. The summed E-state index contributed by atoms with van der Waals surface area (Å²) in [7, 11) is 0. The third kappa shape index (κ3) is 7.07. The molecule has 4 rings (SSSR count). The number of nitrogens with zero attached hydrogens (tertiary/aromatic N) is 1. The fraction of sp³-hybridized carbons (Fsp3) is 0.231. The standard InChI is InChI=1S/C23H21N3O3.C3H9ISi/c1-2-3-22(29)24-23-20-12-18(14-4-8-16(27)9-5-14)19(13-21(20)25-26-23)15-6-10-17(28)11-7-15;1-5(2,3)4/h4-13,27-28H,2-3H2,1H3,(H2,24,25,26,29);1-3H3. The molecule has 0 unspecified atom stereocenters. The van der Waals surface area contributed by atoms with Crippen molar-refractivity contribution in [3.05, 3.63) is 60.7 Å². The molecular weight excluding hydrogens is 557 g/mol. The predicted octanol–water partition coefficient (Wildman–Crippen LogP) is 7.30. The molecule has 0 aliphatic rings. The largest absolute Gasteiger partial charge is 0.508 e. The summed E-state index contributed by atoms with van der Waals surface area (Å²) in [6.45, 7) is 8.89. The second-order valence-corrected chi connectivity index (χ2v) is 22.8. The highest BCUT2D eigenvalue weighted by atomic mass is 127. The number of aromatic amines is 1. The fourth-order valence-electron chi connectivity index (χ4n) is 3.34. The van der Waals surface area contributed by atoms with Gasteiger partial charge in [-0.1, -0.05) is 50.8 Å². The number of aromatic nitrogens is 2. The van der Waals surface area contributed by atoms with E-state index in [0.29, 0.717) is 12.2 Å². The van der Waals surface area contributed by atoms with E-state index in [1.165, 1.54) is 0 Å². The van der Waals surface area contributed by atoms with Crippen LogP contribution in [-0.4, -0.2) is 31.9 Å². The van der Waals surface area contributed by atoms with Crippen molar-refractivity contribution < 1.29 is 15.0 Å². The van der Waals surface area contributed by atoms with Crippen LogP contribution >= 0.6 is 21.8 Å². The lowest BCUT2D eigenvalue weighted by Crippen LogP contribution is -2.11. The summed E-state index contributed by atoms with van der Waals surface area (Å²) in [5.41, 5.74) is 3.87. The number of phenols is 2. The zero-order valence-electron chi connectivity index (χ0n) is 19.8. The van der Waals surface area contributed by atoms with Gasteiger partial charge in [0.2, 0.25) is 5.91 Å². The number of rotatable bonds is 5. The topological polar surface area (TPSA) is 98.2 Å². The molecule has 0 aliphatic heterocycles. The van der Waals surface area contributed by atoms with Crippen molar-refractivity contribution in [2.45, 2.75) is 39.4 Å². The number of anilines is 1. The van der Waals surface area contributed by atoms with E-state index in [4.69, 9.17) is 0 Å². The molecule has 6 nitrogen and oxygen atoms in total. The number of phenolic OH excluding ortho intramolecular Hbond substituents is 2. The highest BCUT2D eigenvalue weighted by Gasteiger charge is 2.15. The lowest BCUT2D eigenvalue weighted by Gasteiger charge is -2.12. The van der Waals surface area contributed by atoms with E-state index in [1.54, 1.807) is 24.3 Å². The molecule has 0 bridgehead atoms. The second kappa shape index (κ2) is 11.0. The summed E-state index contributed by atoms with van der Waals surface area (Å²) in [6, 6.07) is 17.9. The van der Waals surface area contributed by atoms with Gasteiger partial charge >= 0.3 is 0 Å². The van der Waals surface area contributed by atoms with E-state index in [0.717, 1.165) is 39.6 Å². The number of fused-ring (bicyclic) bond motifs is 1. The molecule has 0 saturated heterocycles. The van der Waals surface area contributed by atoms with Crippen LogP contribution in [0.25, 0.3) is 33.2 Å². The predicted molar refractivity (Wildman–Crippen MR) is 151 cm³/mol. The quantitative estimate of drug-likeness (QED) is 0.112. The van der Waals surface area contributed by atoms with Crippen molar-refractivity contribution in [3.8, 4) is 33.8 Å². The van der Waals surface area contributed by atoms with Gasteiger partial charge in [-0.2, -0.15) is 5.10 Å². The Labute approximate surface area is 213 Å². The Hall–Kier alpha value is -2.85. The van der Waals surface area contributed by atoms with Crippen LogP contribution in [0.2, 0.25) is 19.6 Å². The van der Waals surface area contributed by atoms with Crippen LogP contribution in [0.3, 0.4) is 0 Å². The molecule has 0 spiro atoms. The van der Waals surface area contributed by atoms with Gasteiger partial charge in [-0.15, -0.1) is 21.8 Å². The van der Waals surface area contributed by atoms with Gasteiger partial charge < -0.3 is 15.5 Å². The first kappa shape index (κ1) is 25.8. The molecule has 1 heterocycles. The third-order valence-electron chi connectivity index (χ3n) is 4.79. The Morgan fingerprint density at radius 3 is 1.88 bits per heavy atom. The first-order valence-electron chi connectivity index (χ1n) is 11.1. The van der Waals surface area contributed by atoms with Crippen molar-refractivity contribution in [3.63, 3.8) is 0 Å². The zero-order valence-corrected chi connectivity index (χ0v) is 23.0. The molecule has 3 aromatic carbocycles. The van der Waals surface area contributed by atoms with Gasteiger partial charge in [0.15, 0.2) is 5.82 Å². The van der Waals surface area contributed by atoms with Gasteiger partial charge in [0.05, 0.1) is 5.52 Å². The molecular formula is C26H30IN3O3Si. The van der Waals surface area contributed by atoms with Crippen LogP contribution in [-0.2, 0) is 4.79 Å². The first-order chi connectivity index (χ1) is 16.0. The number of H-pyrrole nitrogens is 1. The van der Waals surface area contributed by atoms with Crippen molar-refractivity contribution >= 4 is 50.0 Å². The minimum Gasteiger partial charge on any atom is -0.508 e. The maximum Gasteiger partial charge on any atom is 0.225 e. The van der Waals surface area contributed by atoms with Crippen LogP contribution in [0.15, 0.2) is 60.7 Å². The number of carbonyl (C=O) groups is 1. The highest BCUT2D eigenvalue weighted by molar-refractivity contribution is 14.1. The molecule has 4 aromatic rings. The number of amides is 1. The molecule has 1 amide bonds. The van der Waals surface area contributed by atoms with Gasteiger partial charge in [0.1, 0.15) is 17.1 Å². The van der Waals surface area contributed by atoms with E-state index < -0.39 is 5.57 Å². The Bertz CT molecular complexity index is 1260. The molecule has 0 fully saturated rings. The van der Waals surface area contributed by atoms with Gasteiger partial charge in [0, 0.05) is 11.8 Å². The summed E-state index contributed by atoms with van der Waals surface area (Å²) in [5.74, 6) is 0.811. The van der Waals surface area contributed by atoms with Crippen molar-refractivity contribution in [1.29, 1.82) is 0 Å². The molecule has 0 aliphatic carbocycles. The Morgan fingerprint density at radius 2 is 1.41 bits per heavy atom. The van der Waals surface area contributed by atoms with E-state index >= 15 is 0 Å². The van der Waals surface area contributed by atoms with Crippen LogP contribution < -0.4 is 5.32 Å². The summed E-state index contributed by atoms with van der Waals surface area (Å²) >= 11 is 2.52. The Kier molecular flexibility index (Phi) is 8.37. The van der Waals surface area contributed by atoms with Gasteiger partial charge in [0.25, 0.3) is 0 Å². The molecule has 34 heavy (non-hydrogen) atoms. The van der Waals surface area contributed by atoms with Crippen molar-refractivity contribution in [1.82, 2.24) is 10.2 Å². The number of carbonyl (C=O) groups excluding carboxylic acids is 1. The van der Waals surface area contributed by atoms with Crippen LogP contribution in [0.5, 0.6) is 11.5 Å². The summed E-state index contributed by atoms with van der Waals surface area (Å²) in [6.07, 6.45) is 1.20. The maximum absolute atomic E-state index is 12.1. The fourth-order valence-corrected chi connectivity index (χ4v) is 3.34. The van der Waals surface area contributed by atoms with Crippen LogP contribution in [0.1, 0.15) is 19.8 Å². The van der Waals surface area contributed by atoms with Gasteiger partial charge in [-0.25, -0.2) is 0 Å². The maximum atomic E-state index is 12.1. The van der Waals surface area contributed by atoms with E-state index in [2.05, 4.69) is 57.0 Å². The number of aromatic hydroxyl groups is 2. The Balaban J connectivity index is 0.000000588. The molecule has 178 valence electrons. The number of benzene rings is 3. The number of nitrogens with one attached hydrogen (secondary N) is 2. The smallest absolute Gasteiger partial charge is 0.225 e. The number of halogens is 1.